The Morgan fingerprint density at radius 3 is 2.43 bits per heavy atom. The molecule has 0 spiro atoms. The zero-order valence-corrected chi connectivity index (χ0v) is 14.4. The molecule has 0 aliphatic heterocycles. The van der Waals surface area contributed by atoms with Crippen LogP contribution in [0.15, 0.2) is 24.3 Å². The van der Waals surface area contributed by atoms with Crippen LogP contribution in [-0.2, 0) is 12.0 Å². The average Bonchev–Trinajstić information content (AvgIpc) is 2.43. The van der Waals surface area contributed by atoms with E-state index in [1.807, 2.05) is 0 Å². The lowest BCUT2D eigenvalue weighted by Crippen LogP contribution is -2.21. The van der Waals surface area contributed by atoms with Gasteiger partial charge in [0.2, 0.25) is 0 Å². The van der Waals surface area contributed by atoms with Crippen LogP contribution >= 0.6 is 0 Å². The van der Waals surface area contributed by atoms with Gasteiger partial charge in [-0.3, -0.25) is 0 Å². The summed E-state index contributed by atoms with van der Waals surface area (Å²) in [7, 11) is 0. The van der Waals surface area contributed by atoms with Crippen LogP contribution in [0.2, 0.25) is 0 Å². The van der Waals surface area contributed by atoms with Crippen LogP contribution in [0.3, 0.4) is 0 Å². The topological polar surface area (TPSA) is 12.0 Å². The van der Waals surface area contributed by atoms with Crippen molar-refractivity contribution in [3.05, 3.63) is 35.4 Å². The summed E-state index contributed by atoms with van der Waals surface area (Å²) in [5.74, 6) is 1.92. The van der Waals surface area contributed by atoms with E-state index in [1.165, 1.54) is 49.8 Å². The molecular weight excluding hydrogens is 254 g/mol. The summed E-state index contributed by atoms with van der Waals surface area (Å²) in [6, 6.07) is 9.10. The third-order valence-electron chi connectivity index (χ3n) is 4.92. The predicted molar refractivity (Wildman–Crippen MR) is 92.6 cm³/mol. The van der Waals surface area contributed by atoms with Gasteiger partial charge in [-0.1, -0.05) is 71.2 Å². The normalized spacial score (nSPS) is 23.2. The van der Waals surface area contributed by atoms with E-state index >= 15 is 0 Å². The zero-order chi connectivity index (χ0) is 15.3. The van der Waals surface area contributed by atoms with E-state index in [4.69, 9.17) is 0 Å². The molecule has 1 aliphatic rings. The van der Waals surface area contributed by atoms with E-state index in [9.17, 15) is 0 Å². The molecule has 2 unspecified atom stereocenters. The molecule has 2 rings (SSSR count). The molecule has 0 saturated heterocycles. The molecule has 2 atom stereocenters. The molecular formula is C20H33N. The highest BCUT2D eigenvalue weighted by Gasteiger charge is 2.18. The standard InChI is InChI=1S/C20H33N/c1-16-6-5-7-17(14-16)12-13-21-15-18-8-10-19(11-9-18)20(2,3)4/h8-11,16-17,21H,5-7,12-15H2,1-4H3. The summed E-state index contributed by atoms with van der Waals surface area (Å²) in [6.07, 6.45) is 7.14. The Bertz CT molecular complexity index is 412. The highest BCUT2D eigenvalue weighted by molar-refractivity contribution is 5.27. The monoisotopic (exact) mass is 287 g/mol. The molecule has 1 nitrogen and oxygen atoms in total. The quantitative estimate of drug-likeness (QED) is 0.726. The Hall–Kier alpha value is -0.820. The first-order valence-corrected chi connectivity index (χ1v) is 8.75. The van der Waals surface area contributed by atoms with Crippen molar-refractivity contribution in [2.75, 3.05) is 6.54 Å². The zero-order valence-electron chi connectivity index (χ0n) is 14.4. The highest BCUT2D eigenvalue weighted by atomic mass is 14.8. The van der Waals surface area contributed by atoms with Crippen molar-refractivity contribution >= 4 is 0 Å². The van der Waals surface area contributed by atoms with Crippen molar-refractivity contribution in [3.8, 4) is 0 Å². The summed E-state index contributed by atoms with van der Waals surface area (Å²) < 4.78 is 0. The van der Waals surface area contributed by atoms with Crippen molar-refractivity contribution in [3.63, 3.8) is 0 Å². The van der Waals surface area contributed by atoms with Gasteiger partial charge in [0.25, 0.3) is 0 Å². The fourth-order valence-corrected chi connectivity index (χ4v) is 3.48. The average molecular weight is 287 g/mol. The van der Waals surface area contributed by atoms with Gasteiger partial charge in [0.15, 0.2) is 0 Å². The molecule has 1 heteroatoms. The van der Waals surface area contributed by atoms with E-state index in [0.29, 0.717) is 0 Å². The van der Waals surface area contributed by atoms with Gasteiger partial charge in [0.05, 0.1) is 0 Å². The predicted octanol–water partition coefficient (Wildman–Crippen LogP) is 5.29. The van der Waals surface area contributed by atoms with E-state index in [1.54, 1.807) is 0 Å². The van der Waals surface area contributed by atoms with Crippen LogP contribution < -0.4 is 5.32 Å². The Morgan fingerprint density at radius 2 is 1.81 bits per heavy atom. The second-order valence-corrected chi connectivity index (χ2v) is 8.05. The van der Waals surface area contributed by atoms with Crippen molar-refractivity contribution in [1.82, 2.24) is 5.32 Å². The number of benzene rings is 1. The van der Waals surface area contributed by atoms with E-state index in [-0.39, 0.29) is 5.41 Å². The maximum Gasteiger partial charge on any atom is 0.0205 e. The molecule has 1 aromatic carbocycles. The molecule has 0 aromatic heterocycles. The number of rotatable bonds is 5. The molecule has 21 heavy (non-hydrogen) atoms. The lowest BCUT2D eigenvalue weighted by molar-refractivity contribution is 0.267. The number of hydrogen-bond acceptors (Lipinski definition) is 1. The van der Waals surface area contributed by atoms with Gasteiger partial charge in [-0.25, -0.2) is 0 Å². The smallest absolute Gasteiger partial charge is 0.0205 e. The molecule has 1 saturated carbocycles. The largest absolute Gasteiger partial charge is 0.313 e. The van der Waals surface area contributed by atoms with Crippen LogP contribution in [0.1, 0.15) is 70.9 Å². The Kier molecular flexibility index (Phi) is 5.87. The highest BCUT2D eigenvalue weighted by Crippen LogP contribution is 2.30. The maximum absolute atomic E-state index is 3.62. The fourth-order valence-electron chi connectivity index (χ4n) is 3.48. The second kappa shape index (κ2) is 7.45. The van der Waals surface area contributed by atoms with Crippen LogP contribution in [-0.4, -0.2) is 6.54 Å². The van der Waals surface area contributed by atoms with Gasteiger partial charge in [-0.2, -0.15) is 0 Å². The summed E-state index contributed by atoms with van der Waals surface area (Å²) >= 11 is 0. The molecule has 1 N–H and O–H groups in total. The van der Waals surface area contributed by atoms with Gasteiger partial charge in [-0.05, 0) is 47.8 Å². The van der Waals surface area contributed by atoms with E-state index < -0.39 is 0 Å². The van der Waals surface area contributed by atoms with Crippen LogP contribution in [0.25, 0.3) is 0 Å². The number of hydrogen-bond donors (Lipinski definition) is 1. The Morgan fingerprint density at radius 1 is 1.10 bits per heavy atom. The summed E-state index contributed by atoms with van der Waals surface area (Å²) in [5, 5.41) is 3.62. The Labute approximate surface area is 131 Å². The van der Waals surface area contributed by atoms with Crippen LogP contribution in [0.5, 0.6) is 0 Å². The van der Waals surface area contributed by atoms with Crippen molar-refractivity contribution in [1.29, 1.82) is 0 Å². The van der Waals surface area contributed by atoms with E-state index in [2.05, 4.69) is 57.3 Å². The van der Waals surface area contributed by atoms with Gasteiger partial charge < -0.3 is 5.32 Å². The van der Waals surface area contributed by atoms with Crippen LogP contribution in [0.4, 0.5) is 0 Å². The molecule has 0 amide bonds. The fraction of sp³-hybridized carbons (Fsp3) is 0.700. The minimum absolute atomic E-state index is 0.254. The molecule has 0 heterocycles. The first kappa shape index (κ1) is 16.5. The molecule has 1 aliphatic carbocycles. The maximum atomic E-state index is 3.62. The van der Waals surface area contributed by atoms with Crippen molar-refractivity contribution in [2.45, 2.75) is 71.8 Å². The van der Waals surface area contributed by atoms with Crippen LogP contribution in [0, 0.1) is 11.8 Å². The lowest BCUT2D eigenvalue weighted by Gasteiger charge is -2.26. The third-order valence-corrected chi connectivity index (χ3v) is 4.92. The van der Waals surface area contributed by atoms with Gasteiger partial charge in [-0.15, -0.1) is 0 Å². The third kappa shape index (κ3) is 5.47. The molecule has 0 bridgehead atoms. The van der Waals surface area contributed by atoms with Gasteiger partial charge >= 0.3 is 0 Å². The molecule has 1 fully saturated rings. The number of nitrogens with one attached hydrogen (secondary N) is 1. The summed E-state index contributed by atoms with van der Waals surface area (Å²) in [5.41, 5.74) is 3.08. The first-order valence-electron chi connectivity index (χ1n) is 8.75. The van der Waals surface area contributed by atoms with Gasteiger partial charge in [0, 0.05) is 6.54 Å². The summed E-state index contributed by atoms with van der Waals surface area (Å²) in [6.45, 7) is 11.4. The van der Waals surface area contributed by atoms with Crippen molar-refractivity contribution < 1.29 is 0 Å². The lowest BCUT2D eigenvalue weighted by atomic mass is 9.81. The molecule has 118 valence electrons. The Balaban J connectivity index is 1.69. The van der Waals surface area contributed by atoms with Crippen molar-refractivity contribution in [2.24, 2.45) is 11.8 Å². The first-order chi connectivity index (χ1) is 9.95. The second-order valence-electron chi connectivity index (χ2n) is 8.05. The minimum atomic E-state index is 0.254. The van der Waals surface area contributed by atoms with E-state index in [0.717, 1.165) is 18.4 Å². The summed E-state index contributed by atoms with van der Waals surface area (Å²) in [4.78, 5) is 0. The SMILES string of the molecule is CC1CCCC(CCNCc2ccc(C(C)(C)C)cc2)C1. The molecule has 0 radical (unpaired) electrons. The molecule has 1 aromatic rings. The minimum Gasteiger partial charge on any atom is -0.313 e. The van der Waals surface area contributed by atoms with Gasteiger partial charge in [0.1, 0.15) is 0 Å².